The fourth-order valence-electron chi connectivity index (χ4n) is 7.02. The van der Waals surface area contributed by atoms with E-state index in [0.717, 1.165) is 5.69 Å². The summed E-state index contributed by atoms with van der Waals surface area (Å²) in [5.74, 6) is 0. The molecule has 0 aliphatic heterocycles. The molecule has 0 saturated heterocycles. The number of hydrogen-bond acceptors (Lipinski definition) is 0. The van der Waals surface area contributed by atoms with Gasteiger partial charge in [0.15, 0.2) is 0 Å². The average molecular weight is 648 g/mol. The van der Waals surface area contributed by atoms with E-state index in [4.69, 9.17) is 17.0 Å². The third kappa shape index (κ3) is 3.99. The first-order chi connectivity index (χ1) is 20.0. The fourth-order valence-corrected chi connectivity index (χ4v) is 19.4. The zero-order valence-corrected chi connectivity index (χ0v) is 26.5. The van der Waals surface area contributed by atoms with E-state index >= 15 is 0 Å². The van der Waals surface area contributed by atoms with Crippen molar-refractivity contribution in [3.8, 4) is 16.8 Å². The van der Waals surface area contributed by atoms with Crippen molar-refractivity contribution in [3.63, 3.8) is 0 Å². The van der Waals surface area contributed by atoms with Gasteiger partial charge < -0.3 is 0 Å². The van der Waals surface area contributed by atoms with Crippen LogP contribution in [0.25, 0.3) is 50.6 Å². The number of halogens is 2. The summed E-state index contributed by atoms with van der Waals surface area (Å²) >= 11 is -3.93. The van der Waals surface area contributed by atoms with Gasteiger partial charge in [-0.3, -0.25) is 0 Å². The van der Waals surface area contributed by atoms with Gasteiger partial charge in [0, 0.05) is 0 Å². The topological polar surface area (TPSA) is 4.93 Å². The van der Waals surface area contributed by atoms with Crippen LogP contribution in [0.3, 0.4) is 0 Å². The third-order valence-corrected chi connectivity index (χ3v) is 21.3. The SMILES string of the molecule is CC1=Cc2c(-c3cccc4ccccc34)cc(-n3ccc4ccccc43)cc2[CH]1[Zr]([Cl])([Cl])[CH]1C=Cc2ccccc21. The molecule has 2 unspecified atom stereocenters. The van der Waals surface area contributed by atoms with Gasteiger partial charge in [-0.15, -0.1) is 0 Å². The molecule has 2 aliphatic rings. The van der Waals surface area contributed by atoms with E-state index in [9.17, 15) is 0 Å². The second-order valence-electron chi connectivity index (χ2n) is 11.2. The first-order valence-corrected chi connectivity index (χ1v) is 23.2. The first kappa shape index (κ1) is 25.5. The number of para-hydroxylation sites is 1. The summed E-state index contributed by atoms with van der Waals surface area (Å²) < 4.78 is 2.44. The van der Waals surface area contributed by atoms with Gasteiger partial charge in [0.25, 0.3) is 0 Å². The monoisotopic (exact) mass is 645 g/mol. The Balaban J connectivity index is 1.38. The number of fused-ring (bicyclic) bond motifs is 4. The van der Waals surface area contributed by atoms with Crippen molar-refractivity contribution in [2.45, 2.75) is 14.2 Å². The Bertz CT molecular complexity index is 2060. The van der Waals surface area contributed by atoms with Crippen LogP contribution in [0.2, 0.25) is 0 Å². The number of nitrogens with zero attached hydrogens (tertiary/aromatic N) is 1. The molecule has 198 valence electrons. The molecule has 4 heteroatoms. The summed E-state index contributed by atoms with van der Waals surface area (Å²) in [6.45, 7) is 2.23. The summed E-state index contributed by atoms with van der Waals surface area (Å²) in [4.78, 5) is 0. The maximum atomic E-state index is 7.74. The van der Waals surface area contributed by atoms with Crippen molar-refractivity contribution in [3.05, 3.63) is 149 Å². The van der Waals surface area contributed by atoms with Crippen molar-refractivity contribution in [1.29, 1.82) is 0 Å². The molecule has 41 heavy (non-hydrogen) atoms. The Morgan fingerprint density at radius 1 is 0.707 bits per heavy atom. The molecule has 0 radical (unpaired) electrons. The fraction of sp³-hybridized carbons (Fsp3) is 0.0811. The second-order valence-corrected chi connectivity index (χ2v) is 26.0. The number of hydrogen-bond donors (Lipinski definition) is 0. The molecule has 6 aromatic rings. The van der Waals surface area contributed by atoms with E-state index in [-0.39, 0.29) is 7.25 Å². The molecule has 0 N–H and O–H groups in total. The zero-order valence-electron chi connectivity index (χ0n) is 22.6. The zero-order chi connectivity index (χ0) is 27.7. The van der Waals surface area contributed by atoms with Crippen molar-refractivity contribution in [2.24, 2.45) is 0 Å². The van der Waals surface area contributed by atoms with Gasteiger partial charge in [-0.25, -0.2) is 0 Å². The van der Waals surface area contributed by atoms with Gasteiger partial charge in [-0.2, -0.15) is 0 Å². The minimum atomic E-state index is -3.93. The van der Waals surface area contributed by atoms with Crippen LogP contribution in [0, 0.1) is 0 Å². The molecular weight excluding hydrogens is 621 g/mol. The molecule has 0 bridgehead atoms. The summed E-state index contributed by atoms with van der Waals surface area (Å²) in [5, 5.41) is 3.71. The molecule has 1 aromatic heterocycles. The summed E-state index contributed by atoms with van der Waals surface area (Å²) in [7, 11) is 15.5. The van der Waals surface area contributed by atoms with Crippen LogP contribution in [-0.2, 0) is 17.9 Å². The molecule has 8 rings (SSSR count). The van der Waals surface area contributed by atoms with Gasteiger partial charge in [-0.1, -0.05) is 0 Å². The third-order valence-electron chi connectivity index (χ3n) is 8.89. The van der Waals surface area contributed by atoms with Crippen molar-refractivity contribution < 1.29 is 17.9 Å². The van der Waals surface area contributed by atoms with Crippen LogP contribution >= 0.6 is 17.0 Å². The number of aromatic nitrogens is 1. The Labute approximate surface area is 251 Å². The van der Waals surface area contributed by atoms with Crippen LogP contribution in [0.1, 0.15) is 36.4 Å². The van der Waals surface area contributed by atoms with Crippen LogP contribution < -0.4 is 0 Å². The van der Waals surface area contributed by atoms with Crippen LogP contribution in [-0.4, -0.2) is 4.57 Å². The predicted molar refractivity (Wildman–Crippen MR) is 173 cm³/mol. The van der Waals surface area contributed by atoms with E-state index in [1.807, 2.05) is 0 Å². The van der Waals surface area contributed by atoms with E-state index < -0.39 is 17.9 Å². The molecule has 5 aromatic carbocycles. The van der Waals surface area contributed by atoms with Crippen molar-refractivity contribution in [2.75, 3.05) is 0 Å². The van der Waals surface area contributed by atoms with E-state index in [2.05, 4.69) is 145 Å². The predicted octanol–water partition coefficient (Wildman–Crippen LogP) is 11.1. The first-order valence-electron chi connectivity index (χ1n) is 14.1. The van der Waals surface area contributed by atoms with E-state index in [1.165, 1.54) is 60.6 Å². The summed E-state index contributed by atoms with van der Waals surface area (Å²) in [6.07, 6.45) is 9.00. The minimum absolute atomic E-state index is 0.0407. The second kappa shape index (κ2) is 9.70. The molecular formula is C37H27Cl2NZr. The van der Waals surface area contributed by atoms with Crippen LogP contribution in [0.5, 0.6) is 0 Å². The number of benzene rings is 5. The molecule has 0 spiro atoms. The van der Waals surface area contributed by atoms with Crippen LogP contribution in [0.4, 0.5) is 0 Å². The Kier molecular flexibility index (Phi) is 6.05. The van der Waals surface area contributed by atoms with E-state index in [0.29, 0.717) is 0 Å². The summed E-state index contributed by atoms with van der Waals surface area (Å²) in [6, 6.07) is 39.3. The van der Waals surface area contributed by atoms with Gasteiger partial charge in [-0.05, 0) is 0 Å². The molecule has 2 aliphatic carbocycles. The quantitative estimate of drug-likeness (QED) is 0.179. The van der Waals surface area contributed by atoms with E-state index in [1.54, 1.807) is 0 Å². The molecule has 1 heterocycles. The molecule has 1 nitrogen and oxygen atoms in total. The van der Waals surface area contributed by atoms with Crippen molar-refractivity contribution in [1.82, 2.24) is 4.57 Å². The maximum absolute atomic E-state index is 7.74. The van der Waals surface area contributed by atoms with Crippen LogP contribution in [0.15, 0.2) is 127 Å². The Hall–Kier alpha value is -3.16. The summed E-state index contributed by atoms with van der Waals surface area (Å²) in [5.41, 5.74) is 11.1. The molecule has 0 fully saturated rings. The van der Waals surface area contributed by atoms with Gasteiger partial charge in [0.1, 0.15) is 0 Å². The van der Waals surface area contributed by atoms with Gasteiger partial charge >= 0.3 is 254 Å². The number of allylic oxidation sites excluding steroid dienone is 2. The normalized spacial score (nSPS) is 17.7. The Morgan fingerprint density at radius 2 is 1.46 bits per heavy atom. The van der Waals surface area contributed by atoms with Crippen molar-refractivity contribution >= 4 is 50.9 Å². The number of rotatable bonds is 4. The van der Waals surface area contributed by atoms with Gasteiger partial charge in [0.05, 0.1) is 0 Å². The standard InChI is InChI=1S/C28H20N.C9H7.2ClH.Zr/c1-19-15-22-17-23(29-14-13-21-8-3-5-12-28(21)29)18-27(26(22)16-19)25-11-6-9-20-7-2-4-10-24(20)25;1-2-5-9-7-3-6-8(9)4-1;;;/h2-18H,1H3;1-7H;2*1H;/q;;;;+2/p-2. The molecule has 0 amide bonds. The molecule has 2 atom stereocenters. The Morgan fingerprint density at radius 3 is 2.37 bits per heavy atom. The average Bonchev–Trinajstić information content (AvgIpc) is 3.71. The molecule has 0 saturated carbocycles. The van der Waals surface area contributed by atoms with Gasteiger partial charge in [0.2, 0.25) is 0 Å².